The van der Waals surface area contributed by atoms with Crippen molar-refractivity contribution in [2.45, 2.75) is 18.3 Å². The first-order valence-corrected chi connectivity index (χ1v) is 9.58. The summed E-state index contributed by atoms with van der Waals surface area (Å²) in [5, 5.41) is 18.8. The molecule has 29 heavy (non-hydrogen) atoms. The number of ether oxygens (including phenoxy) is 2. The normalized spacial score (nSPS) is 17.5. The summed E-state index contributed by atoms with van der Waals surface area (Å²) in [6.07, 6.45) is 1.24. The molecule has 0 unspecified atom stereocenters. The highest BCUT2D eigenvalue weighted by Crippen LogP contribution is 2.28. The summed E-state index contributed by atoms with van der Waals surface area (Å²) in [4.78, 5) is 22.4. The molecule has 9 heteroatoms. The molecule has 2 aromatic rings. The van der Waals surface area contributed by atoms with E-state index in [0.29, 0.717) is 18.1 Å². The van der Waals surface area contributed by atoms with Gasteiger partial charge in [0.25, 0.3) is 0 Å². The lowest BCUT2D eigenvalue weighted by molar-refractivity contribution is -0.138. The van der Waals surface area contributed by atoms with Gasteiger partial charge in [0, 0.05) is 0 Å². The molecule has 0 bridgehead atoms. The van der Waals surface area contributed by atoms with Gasteiger partial charge in [-0.15, -0.1) is 5.10 Å². The van der Waals surface area contributed by atoms with Gasteiger partial charge in [-0.2, -0.15) is 5.10 Å². The van der Waals surface area contributed by atoms with Crippen LogP contribution in [0.1, 0.15) is 17.5 Å². The van der Waals surface area contributed by atoms with Crippen molar-refractivity contribution in [3.05, 3.63) is 59.7 Å². The smallest absolute Gasteiger partial charge is 0.305 e. The van der Waals surface area contributed by atoms with E-state index in [-0.39, 0.29) is 17.5 Å². The van der Waals surface area contributed by atoms with Crippen LogP contribution in [0.15, 0.2) is 58.7 Å². The van der Waals surface area contributed by atoms with Gasteiger partial charge in [0.15, 0.2) is 16.7 Å². The molecule has 1 heterocycles. The van der Waals surface area contributed by atoms with Crippen LogP contribution in [0.4, 0.5) is 0 Å². The van der Waals surface area contributed by atoms with Gasteiger partial charge in [0.1, 0.15) is 11.9 Å². The van der Waals surface area contributed by atoms with E-state index in [1.807, 2.05) is 30.3 Å². The molecule has 0 radical (unpaired) electrons. The topological polar surface area (TPSA) is 110 Å². The van der Waals surface area contributed by atoms with Crippen LogP contribution in [0.5, 0.6) is 11.5 Å². The molecule has 1 aliphatic heterocycles. The van der Waals surface area contributed by atoms with Crippen molar-refractivity contribution in [2.75, 3.05) is 7.11 Å². The van der Waals surface area contributed by atoms with Crippen molar-refractivity contribution in [1.29, 1.82) is 0 Å². The van der Waals surface area contributed by atoms with E-state index in [1.54, 1.807) is 25.3 Å². The van der Waals surface area contributed by atoms with Crippen molar-refractivity contribution in [3.8, 4) is 11.5 Å². The van der Waals surface area contributed by atoms with E-state index in [0.717, 1.165) is 22.9 Å². The maximum Gasteiger partial charge on any atom is 0.305 e. The lowest BCUT2D eigenvalue weighted by Gasteiger charge is -2.11. The number of carbonyl (C=O) groups is 2. The second-order valence-corrected chi connectivity index (χ2v) is 7.22. The fraction of sp³-hybridized carbons (Fsp3) is 0.200. The van der Waals surface area contributed by atoms with Crippen LogP contribution >= 0.6 is 11.8 Å². The minimum Gasteiger partial charge on any atom is -0.493 e. The molecule has 8 nitrogen and oxygen atoms in total. The number of carboxylic acids is 1. The van der Waals surface area contributed by atoms with E-state index >= 15 is 0 Å². The number of amides is 1. The fourth-order valence-corrected chi connectivity index (χ4v) is 3.43. The zero-order valence-electron chi connectivity index (χ0n) is 15.6. The van der Waals surface area contributed by atoms with Gasteiger partial charge in [-0.05, 0) is 29.3 Å². The van der Waals surface area contributed by atoms with Gasteiger partial charge >= 0.3 is 5.97 Å². The zero-order valence-corrected chi connectivity index (χ0v) is 16.4. The van der Waals surface area contributed by atoms with Crippen LogP contribution in [-0.4, -0.2) is 40.7 Å². The summed E-state index contributed by atoms with van der Waals surface area (Å²) in [5.74, 6) is -0.255. The average Bonchev–Trinajstić information content (AvgIpc) is 3.06. The number of amidine groups is 1. The van der Waals surface area contributed by atoms with Gasteiger partial charge < -0.3 is 19.9 Å². The number of thioether (sulfide) groups is 1. The number of carboxylic acid groups (broad SMARTS) is 1. The molecule has 0 saturated carbocycles. The highest BCUT2D eigenvalue weighted by Gasteiger charge is 2.32. The van der Waals surface area contributed by atoms with Crippen LogP contribution in [0, 0.1) is 0 Å². The Kier molecular flexibility index (Phi) is 6.85. The van der Waals surface area contributed by atoms with E-state index in [1.165, 1.54) is 6.21 Å². The van der Waals surface area contributed by atoms with Gasteiger partial charge in [-0.25, -0.2) is 0 Å². The van der Waals surface area contributed by atoms with E-state index in [4.69, 9.17) is 14.6 Å². The Hall–Kier alpha value is -3.33. The minimum atomic E-state index is -1.04. The van der Waals surface area contributed by atoms with E-state index in [9.17, 15) is 9.59 Å². The quantitative estimate of drug-likeness (QED) is 0.509. The monoisotopic (exact) mass is 413 g/mol. The Morgan fingerprint density at radius 3 is 2.76 bits per heavy atom. The van der Waals surface area contributed by atoms with Crippen molar-refractivity contribution in [3.63, 3.8) is 0 Å². The molecule has 1 saturated heterocycles. The largest absolute Gasteiger partial charge is 0.493 e. The van der Waals surface area contributed by atoms with Crippen molar-refractivity contribution < 1.29 is 24.2 Å². The first-order valence-electron chi connectivity index (χ1n) is 8.70. The van der Waals surface area contributed by atoms with Crippen molar-refractivity contribution in [1.82, 2.24) is 5.32 Å². The lowest BCUT2D eigenvalue weighted by atomic mass is 10.2. The van der Waals surface area contributed by atoms with Gasteiger partial charge in [-0.1, -0.05) is 42.1 Å². The first-order chi connectivity index (χ1) is 14.0. The van der Waals surface area contributed by atoms with Crippen LogP contribution in [-0.2, 0) is 16.2 Å². The number of hydrogen-bond acceptors (Lipinski definition) is 7. The Morgan fingerprint density at radius 1 is 1.24 bits per heavy atom. The second-order valence-electron chi connectivity index (χ2n) is 6.03. The minimum absolute atomic E-state index is 0.263. The summed E-state index contributed by atoms with van der Waals surface area (Å²) in [6, 6.07) is 15.2. The molecule has 0 spiro atoms. The molecule has 3 rings (SSSR count). The Labute approximate surface area is 171 Å². The standard InChI is InChI=1S/C20H19N3O5S/c1-27-16-9-14(7-8-15(16)28-12-13-5-3-2-4-6-13)11-21-23-20-22-19(26)17(29-20)10-18(24)25/h2-9,11,17H,10,12H2,1H3,(H,24,25)(H,22,23,26)/t17-/m1/s1. The maximum absolute atomic E-state index is 11.7. The van der Waals surface area contributed by atoms with Crippen molar-refractivity contribution in [2.24, 2.45) is 10.2 Å². The van der Waals surface area contributed by atoms with Crippen molar-refractivity contribution >= 4 is 35.0 Å². The molecule has 150 valence electrons. The molecule has 2 N–H and O–H groups in total. The van der Waals surface area contributed by atoms with Gasteiger partial charge in [0.2, 0.25) is 5.91 Å². The SMILES string of the molecule is COc1cc(C=N/N=C2/NC(=O)[C@@H](CC(=O)O)S2)ccc1OCc1ccccc1. The first kappa shape index (κ1) is 20.4. The number of aliphatic carboxylic acids is 1. The van der Waals surface area contributed by atoms with Crippen LogP contribution < -0.4 is 14.8 Å². The molecular formula is C20H19N3O5S. The van der Waals surface area contributed by atoms with Crippen LogP contribution in [0.3, 0.4) is 0 Å². The van der Waals surface area contributed by atoms with Gasteiger partial charge in [0.05, 0.1) is 19.7 Å². The molecule has 1 atom stereocenters. The summed E-state index contributed by atoms with van der Waals surface area (Å²) in [7, 11) is 1.55. The molecule has 1 amide bonds. The van der Waals surface area contributed by atoms with E-state index < -0.39 is 11.2 Å². The number of rotatable bonds is 8. The third-order valence-electron chi connectivity index (χ3n) is 3.92. The number of carbonyl (C=O) groups excluding carboxylic acids is 1. The summed E-state index contributed by atoms with van der Waals surface area (Å²) < 4.78 is 11.2. The number of nitrogens with zero attached hydrogens (tertiary/aromatic N) is 2. The second kappa shape index (κ2) is 9.74. The predicted molar refractivity (Wildman–Crippen MR) is 111 cm³/mol. The number of benzene rings is 2. The zero-order chi connectivity index (χ0) is 20.6. The lowest BCUT2D eigenvalue weighted by Crippen LogP contribution is -2.26. The van der Waals surface area contributed by atoms with E-state index in [2.05, 4.69) is 15.5 Å². The molecular weight excluding hydrogens is 394 g/mol. The predicted octanol–water partition coefficient (Wildman–Crippen LogP) is 2.67. The van der Waals surface area contributed by atoms with Gasteiger partial charge in [-0.3, -0.25) is 9.59 Å². The highest BCUT2D eigenvalue weighted by molar-refractivity contribution is 8.15. The Morgan fingerprint density at radius 2 is 2.03 bits per heavy atom. The van der Waals surface area contributed by atoms with Crippen LogP contribution in [0.25, 0.3) is 0 Å². The summed E-state index contributed by atoms with van der Waals surface area (Å²) in [5.41, 5.74) is 1.78. The number of methoxy groups -OCH3 is 1. The highest BCUT2D eigenvalue weighted by atomic mass is 32.2. The third-order valence-corrected chi connectivity index (χ3v) is 4.99. The Bertz CT molecular complexity index is 946. The van der Waals surface area contributed by atoms with Crippen LogP contribution in [0.2, 0.25) is 0 Å². The molecule has 1 fully saturated rings. The number of hydrogen-bond donors (Lipinski definition) is 2. The third kappa shape index (κ3) is 5.82. The number of nitrogens with one attached hydrogen (secondary N) is 1. The molecule has 0 aromatic heterocycles. The molecule has 0 aliphatic carbocycles. The molecule has 2 aromatic carbocycles. The fourth-order valence-electron chi connectivity index (χ4n) is 2.51. The Balaban J connectivity index is 1.62. The molecule has 1 aliphatic rings. The summed E-state index contributed by atoms with van der Waals surface area (Å²) in [6.45, 7) is 0.423. The average molecular weight is 413 g/mol. The summed E-state index contributed by atoms with van der Waals surface area (Å²) >= 11 is 1.05. The maximum atomic E-state index is 11.7.